The van der Waals surface area contributed by atoms with Crippen molar-refractivity contribution in [3.63, 3.8) is 0 Å². The lowest BCUT2D eigenvalue weighted by Gasteiger charge is -2.23. The lowest BCUT2D eigenvalue weighted by atomic mass is 9.96. The van der Waals surface area contributed by atoms with E-state index in [4.69, 9.17) is 4.99 Å². The van der Waals surface area contributed by atoms with Crippen molar-refractivity contribution in [2.75, 3.05) is 5.32 Å². The van der Waals surface area contributed by atoms with E-state index in [9.17, 15) is 0 Å². The highest BCUT2D eigenvalue weighted by Crippen LogP contribution is 2.28. The summed E-state index contributed by atoms with van der Waals surface area (Å²) in [6, 6.07) is 2.47. The molecule has 17 heavy (non-hydrogen) atoms. The molecule has 2 heterocycles. The van der Waals surface area contributed by atoms with Crippen molar-refractivity contribution >= 4 is 23.6 Å². The van der Waals surface area contributed by atoms with Gasteiger partial charge in [0.25, 0.3) is 0 Å². The van der Waals surface area contributed by atoms with Gasteiger partial charge in [-0.2, -0.15) is 0 Å². The molecular formula is C12H16N4S. The van der Waals surface area contributed by atoms with Gasteiger partial charge in [0.2, 0.25) is 5.96 Å². The highest BCUT2D eigenvalue weighted by Gasteiger charge is 2.17. The minimum atomic E-state index is 0.489. The minimum Gasteiger partial charge on any atom is -0.324 e. The van der Waals surface area contributed by atoms with Gasteiger partial charge < -0.3 is 5.32 Å². The Morgan fingerprint density at radius 2 is 2.18 bits per heavy atom. The summed E-state index contributed by atoms with van der Waals surface area (Å²) < 4.78 is 3.24. The smallest absolute Gasteiger partial charge is 0.206 e. The van der Waals surface area contributed by atoms with Crippen molar-refractivity contribution in [3.05, 3.63) is 18.5 Å². The van der Waals surface area contributed by atoms with Crippen LogP contribution in [0.3, 0.4) is 0 Å². The highest BCUT2D eigenvalue weighted by atomic mass is 32.2. The van der Waals surface area contributed by atoms with Crippen molar-refractivity contribution in [2.45, 2.75) is 43.0 Å². The Bertz CT molecular complexity index is 426. The molecule has 1 fully saturated rings. The van der Waals surface area contributed by atoms with Gasteiger partial charge in [-0.1, -0.05) is 19.3 Å². The molecular weight excluding hydrogens is 232 g/mol. The summed E-state index contributed by atoms with van der Waals surface area (Å²) in [6.07, 6.45) is 10.1. The lowest BCUT2D eigenvalue weighted by molar-refractivity contribution is 0.443. The summed E-state index contributed by atoms with van der Waals surface area (Å²) in [4.78, 5) is 9.97. The number of rotatable bonds is 1. The molecule has 2 aliphatic rings. The second-order valence-corrected chi connectivity index (χ2v) is 5.32. The van der Waals surface area contributed by atoms with Crippen LogP contribution >= 0.6 is 11.9 Å². The zero-order valence-corrected chi connectivity index (χ0v) is 10.5. The maximum absolute atomic E-state index is 4.75. The van der Waals surface area contributed by atoms with Gasteiger partial charge in [-0.25, -0.2) is 4.99 Å². The summed E-state index contributed by atoms with van der Waals surface area (Å²) >= 11 is 1.58. The van der Waals surface area contributed by atoms with Gasteiger partial charge >= 0.3 is 0 Å². The molecule has 0 spiro atoms. The summed E-state index contributed by atoms with van der Waals surface area (Å²) in [5, 5.41) is 3.32. The Kier molecular flexibility index (Phi) is 3.18. The predicted molar refractivity (Wildman–Crippen MR) is 71.2 cm³/mol. The molecule has 0 unspecified atom stereocenters. The van der Waals surface area contributed by atoms with Crippen molar-refractivity contribution in [1.29, 1.82) is 0 Å². The number of nitrogens with one attached hydrogen (secondary N) is 2. The fourth-order valence-corrected chi connectivity index (χ4v) is 2.93. The Labute approximate surface area is 105 Å². The molecule has 5 heteroatoms. The molecule has 0 aromatic carbocycles. The minimum absolute atomic E-state index is 0.489. The number of aromatic nitrogens is 1. The van der Waals surface area contributed by atoms with Crippen LogP contribution in [0.4, 0.5) is 5.69 Å². The number of aliphatic imine (C=N–C) groups is 1. The zero-order chi connectivity index (χ0) is 11.5. The van der Waals surface area contributed by atoms with Gasteiger partial charge in [0, 0.05) is 12.4 Å². The first-order valence-electron chi connectivity index (χ1n) is 6.13. The standard InChI is InChI=1S/C12H16N4S/c1-2-4-9(5-3-1)14-12-15-10-6-7-13-8-11(10)17-16-12/h6-9H,1-5H2,(H2,14,15,16). The average molecular weight is 248 g/mol. The molecule has 3 rings (SSSR count). The molecule has 1 aromatic heterocycles. The Morgan fingerprint density at radius 3 is 3.06 bits per heavy atom. The van der Waals surface area contributed by atoms with E-state index >= 15 is 0 Å². The van der Waals surface area contributed by atoms with E-state index in [2.05, 4.69) is 15.0 Å². The van der Waals surface area contributed by atoms with Crippen LogP contribution in [0.2, 0.25) is 0 Å². The van der Waals surface area contributed by atoms with Crippen LogP contribution < -0.4 is 10.0 Å². The molecule has 0 saturated heterocycles. The Hall–Kier alpha value is -1.23. The van der Waals surface area contributed by atoms with E-state index in [1.54, 1.807) is 18.1 Å². The van der Waals surface area contributed by atoms with Gasteiger partial charge in [0.15, 0.2) is 0 Å². The van der Waals surface area contributed by atoms with Crippen LogP contribution in [-0.4, -0.2) is 17.0 Å². The third kappa shape index (κ3) is 2.54. The monoisotopic (exact) mass is 248 g/mol. The second-order valence-electron chi connectivity index (χ2n) is 4.47. The van der Waals surface area contributed by atoms with E-state index in [0.717, 1.165) is 16.5 Å². The van der Waals surface area contributed by atoms with Gasteiger partial charge in [0.1, 0.15) is 0 Å². The highest BCUT2D eigenvalue weighted by molar-refractivity contribution is 7.98. The maximum Gasteiger partial charge on any atom is 0.206 e. The summed E-state index contributed by atoms with van der Waals surface area (Å²) in [6.45, 7) is 0. The number of pyridine rings is 1. The van der Waals surface area contributed by atoms with Crippen LogP contribution in [-0.2, 0) is 0 Å². The Morgan fingerprint density at radius 1 is 1.29 bits per heavy atom. The molecule has 4 nitrogen and oxygen atoms in total. The summed E-state index contributed by atoms with van der Waals surface area (Å²) in [7, 11) is 0. The first-order chi connectivity index (χ1) is 8.42. The molecule has 1 aliphatic heterocycles. The van der Waals surface area contributed by atoms with Gasteiger partial charge in [-0.15, -0.1) is 0 Å². The zero-order valence-electron chi connectivity index (χ0n) is 9.65. The van der Waals surface area contributed by atoms with Crippen LogP contribution in [0.5, 0.6) is 0 Å². The third-order valence-corrected chi connectivity index (χ3v) is 4.02. The molecule has 1 saturated carbocycles. The van der Waals surface area contributed by atoms with E-state index < -0.39 is 0 Å². The maximum atomic E-state index is 4.75. The fourth-order valence-electron chi connectivity index (χ4n) is 2.27. The normalized spacial score (nSPS) is 22.7. The first kappa shape index (κ1) is 10.9. The van der Waals surface area contributed by atoms with Crippen LogP contribution in [0.25, 0.3) is 0 Å². The average Bonchev–Trinajstić information content (AvgIpc) is 2.40. The predicted octanol–water partition coefficient (Wildman–Crippen LogP) is 2.79. The summed E-state index contributed by atoms with van der Waals surface area (Å²) in [5.74, 6) is 0.889. The van der Waals surface area contributed by atoms with Gasteiger partial charge in [-0.3, -0.25) is 9.71 Å². The first-order valence-corrected chi connectivity index (χ1v) is 6.95. The number of hydrogen-bond donors (Lipinski definition) is 2. The van der Waals surface area contributed by atoms with Gasteiger partial charge in [0.05, 0.1) is 16.6 Å². The molecule has 1 aromatic rings. The quantitative estimate of drug-likeness (QED) is 0.750. The molecule has 2 N–H and O–H groups in total. The topological polar surface area (TPSA) is 49.3 Å². The molecule has 1 aliphatic carbocycles. The lowest BCUT2D eigenvalue weighted by Crippen LogP contribution is -2.31. The van der Waals surface area contributed by atoms with E-state index in [1.165, 1.54) is 32.1 Å². The molecule has 0 bridgehead atoms. The Balaban J connectivity index is 1.72. The fraction of sp³-hybridized carbons (Fsp3) is 0.500. The van der Waals surface area contributed by atoms with Crippen LogP contribution in [0.1, 0.15) is 32.1 Å². The molecule has 90 valence electrons. The number of hydrogen-bond acceptors (Lipinski definition) is 3. The van der Waals surface area contributed by atoms with Crippen molar-refractivity contribution < 1.29 is 0 Å². The molecule has 0 atom stereocenters. The number of nitrogens with zero attached hydrogens (tertiary/aromatic N) is 2. The number of anilines is 1. The van der Waals surface area contributed by atoms with Crippen LogP contribution in [0.15, 0.2) is 28.3 Å². The second kappa shape index (κ2) is 4.96. The number of guanidine groups is 1. The van der Waals surface area contributed by atoms with E-state index in [1.807, 2.05) is 12.3 Å². The van der Waals surface area contributed by atoms with Crippen molar-refractivity contribution in [2.24, 2.45) is 4.99 Å². The van der Waals surface area contributed by atoms with Crippen molar-refractivity contribution in [1.82, 2.24) is 9.71 Å². The SMILES string of the molecule is c1cc2c(cn1)SNC(=NC1CCCCC1)N2. The van der Waals surface area contributed by atoms with Gasteiger partial charge in [-0.05, 0) is 30.9 Å². The largest absolute Gasteiger partial charge is 0.324 e. The molecule has 0 amide bonds. The van der Waals surface area contributed by atoms with Crippen molar-refractivity contribution in [3.8, 4) is 0 Å². The van der Waals surface area contributed by atoms with E-state index in [-0.39, 0.29) is 0 Å². The number of fused-ring (bicyclic) bond motifs is 1. The van der Waals surface area contributed by atoms with Crippen LogP contribution in [0, 0.1) is 0 Å². The molecule has 0 radical (unpaired) electrons. The summed E-state index contributed by atoms with van der Waals surface area (Å²) in [5.41, 5.74) is 1.10. The van der Waals surface area contributed by atoms with E-state index in [0.29, 0.717) is 6.04 Å². The third-order valence-electron chi connectivity index (χ3n) is 3.18.